The minimum absolute atomic E-state index is 0.0986. The number of hydrogen-bond acceptors (Lipinski definition) is 5. The van der Waals surface area contributed by atoms with Crippen LogP contribution in [0.15, 0.2) is 48.5 Å². The van der Waals surface area contributed by atoms with Crippen LogP contribution in [0, 0.1) is 0 Å². The van der Waals surface area contributed by atoms with Gasteiger partial charge in [0.05, 0.1) is 0 Å². The van der Waals surface area contributed by atoms with Crippen molar-refractivity contribution >= 4 is 17.9 Å². The van der Waals surface area contributed by atoms with Crippen molar-refractivity contribution < 1.29 is 19.4 Å². The topological polar surface area (TPSA) is 97.5 Å². The summed E-state index contributed by atoms with van der Waals surface area (Å²) in [5.41, 5.74) is 5.07. The third-order valence-corrected chi connectivity index (χ3v) is 5.88. The van der Waals surface area contributed by atoms with Crippen molar-refractivity contribution in [2.45, 2.75) is 24.8 Å². The lowest BCUT2D eigenvalue weighted by Crippen LogP contribution is -2.49. The fourth-order valence-electron chi connectivity index (χ4n) is 4.51. The minimum atomic E-state index is -1.07. The Balaban J connectivity index is 1.44. The Kier molecular flexibility index (Phi) is 4.27. The maximum absolute atomic E-state index is 13.1. The molecule has 0 bridgehead atoms. The molecular formula is C22H20N4O4. The van der Waals surface area contributed by atoms with Crippen LogP contribution < -0.4 is 4.90 Å². The van der Waals surface area contributed by atoms with Gasteiger partial charge in [0.25, 0.3) is 0 Å². The zero-order valence-corrected chi connectivity index (χ0v) is 16.4. The first-order chi connectivity index (χ1) is 14.6. The van der Waals surface area contributed by atoms with Gasteiger partial charge in [-0.1, -0.05) is 53.7 Å². The van der Waals surface area contributed by atoms with E-state index in [1.807, 2.05) is 36.4 Å². The van der Waals surface area contributed by atoms with Crippen LogP contribution in [0.25, 0.3) is 11.1 Å². The summed E-state index contributed by atoms with van der Waals surface area (Å²) < 4.78 is 7.12. The van der Waals surface area contributed by atoms with Gasteiger partial charge < -0.3 is 9.84 Å². The molecule has 3 aromatic rings. The Hall–Kier alpha value is -3.68. The molecule has 0 saturated carbocycles. The van der Waals surface area contributed by atoms with E-state index >= 15 is 0 Å². The van der Waals surface area contributed by atoms with Gasteiger partial charge in [0, 0.05) is 13.0 Å². The van der Waals surface area contributed by atoms with Gasteiger partial charge in [-0.3, -0.25) is 0 Å². The lowest BCUT2D eigenvalue weighted by Gasteiger charge is -2.31. The van der Waals surface area contributed by atoms with Crippen LogP contribution in [-0.4, -0.2) is 44.8 Å². The number of carboxylic acids is 1. The van der Waals surface area contributed by atoms with Crippen molar-refractivity contribution in [2.75, 3.05) is 11.5 Å². The fourth-order valence-corrected chi connectivity index (χ4v) is 4.51. The Bertz CT molecular complexity index is 1110. The number of hydrogen-bond donors (Lipinski definition) is 1. The monoisotopic (exact) mass is 404 g/mol. The smallest absolute Gasteiger partial charge is 0.416 e. The molecular weight excluding hydrogens is 384 g/mol. The molecule has 5 rings (SSSR count). The van der Waals surface area contributed by atoms with E-state index < -0.39 is 18.1 Å². The van der Waals surface area contributed by atoms with Crippen LogP contribution >= 0.6 is 0 Å². The third-order valence-electron chi connectivity index (χ3n) is 5.88. The molecule has 30 heavy (non-hydrogen) atoms. The first kappa shape index (κ1) is 18.4. The SMILES string of the molecule is Cn1nnc2c1N(C(=O)OCC1c3ccccc3-c3ccccc31)C(C(=O)O)CC2. The molecule has 152 valence electrons. The second-order valence-corrected chi connectivity index (χ2v) is 7.55. The summed E-state index contributed by atoms with van der Waals surface area (Å²) in [6, 6.07) is 15.1. The van der Waals surface area contributed by atoms with Crippen LogP contribution in [0.1, 0.15) is 29.2 Å². The van der Waals surface area contributed by atoms with Crippen LogP contribution in [0.2, 0.25) is 0 Å². The van der Waals surface area contributed by atoms with Crippen molar-refractivity contribution in [1.29, 1.82) is 0 Å². The molecule has 0 radical (unpaired) electrons. The number of amides is 1. The van der Waals surface area contributed by atoms with E-state index in [4.69, 9.17) is 4.74 Å². The Labute approximate surface area is 172 Å². The quantitative estimate of drug-likeness (QED) is 0.721. The van der Waals surface area contributed by atoms with E-state index in [0.717, 1.165) is 22.3 Å². The molecule has 1 amide bonds. The van der Waals surface area contributed by atoms with Gasteiger partial charge in [0.2, 0.25) is 0 Å². The fraction of sp³-hybridized carbons (Fsp3) is 0.273. The highest BCUT2D eigenvalue weighted by Crippen LogP contribution is 2.44. The molecule has 1 unspecified atom stereocenters. The summed E-state index contributed by atoms with van der Waals surface area (Å²) in [5.74, 6) is -0.792. The number of aliphatic carboxylic acids is 1. The van der Waals surface area contributed by atoms with Gasteiger partial charge in [0.15, 0.2) is 5.82 Å². The Morgan fingerprint density at radius 3 is 2.37 bits per heavy atom. The zero-order valence-electron chi connectivity index (χ0n) is 16.4. The standard InChI is InChI=1S/C22H20N4O4/c1-25-20-18(23-24-25)10-11-19(21(27)28)26(20)22(29)30-12-17-15-8-4-2-6-13(15)14-7-3-5-9-16(14)17/h2-9,17,19H,10-12H2,1H3,(H,27,28). The number of aryl methyl sites for hydroxylation is 2. The average molecular weight is 404 g/mol. The van der Waals surface area contributed by atoms with Crippen molar-refractivity contribution in [2.24, 2.45) is 7.05 Å². The first-order valence-corrected chi connectivity index (χ1v) is 9.82. The summed E-state index contributed by atoms with van der Waals surface area (Å²) >= 11 is 0. The van der Waals surface area contributed by atoms with Crippen LogP contribution in [-0.2, 0) is 23.0 Å². The molecule has 1 aliphatic carbocycles. The second kappa shape index (κ2) is 6.98. The molecule has 0 saturated heterocycles. The van der Waals surface area contributed by atoms with Crippen molar-refractivity contribution in [3.05, 3.63) is 65.4 Å². The van der Waals surface area contributed by atoms with Crippen LogP contribution in [0.4, 0.5) is 10.6 Å². The number of rotatable bonds is 3. The largest absolute Gasteiger partial charge is 0.480 e. The number of carbonyl (C=O) groups excluding carboxylic acids is 1. The highest BCUT2D eigenvalue weighted by atomic mass is 16.6. The molecule has 8 nitrogen and oxygen atoms in total. The molecule has 1 aliphatic heterocycles. The first-order valence-electron chi connectivity index (χ1n) is 9.82. The molecule has 2 heterocycles. The average Bonchev–Trinajstić information content (AvgIpc) is 3.29. The van der Waals surface area contributed by atoms with Gasteiger partial charge in [-0.2, -0.15) is 0 Å². The number of benzene rings is 2. The summed E-state index contributed by atoms with van der Waals surface area (Å²) in [6.07, 6.45) is 0.0222. The van der Waals surface area contributed by atoms with E-state index in [2.05, 4.69) is 22.4 Å². The molecule has 0 fully saturated rings. The Morgan fingerprint density at radius 1 is 1.10 bits per heavy atom. The summed E-state index contributed by atoms with van der Waals surface area (Å²) in [5, 5.41) is 17.6. The van der Waals surface area contributed by atoms with E-state index in [-0.39, 0.29) is 18.9 Å². The number of nitrogens with zero attached hydrogens (tertiary/aromatic N) is 4. The molecule has 1 aromatic heterocycles. The number of carboxylic acid groups (broad SMARTS) is 1. The molecule has 8 heteroatoms. The van der Waals surface area contributed by atoms with Gasteiger partial charge in [-0.25, -0.2) is 19.2 Å². The maximum Gasteiger partial charge on any atom is 0.416 e. The van der Waals surface area contributed by atoms with E-state index in [1.54, 1.807) is 7.05 Å². The number of anilines is 1. The van der Waals surface area contributed by atoms with Gasteiger partial charge in [-0.05, 0) is 35.1 Å². The molecule has 1 atom stereocenters. The molecule has 2 aromatic carbocycles. The maximum atomic E-state index is 13.1. The number of carbonyl (C=O) groups is 2. The molecule has 0 spiro atoms. The second-order valence-electron chi connectivity index (χ2n) is 7.55. The van der Waals surface area contributed by atoms with Gasteiger partial charge >= 0.3 is 12.1 Å². The third kappa shape index (κ3) is 2.75. The highest BCUT2D eigenvalue weighted by molar-refractivity contribution is 5.95. The molecule has 2 aliphatic rings. The van der Waals surface area contributed by atoms with Crippen molar-refractivity contribution in [1.82, 2.24) is 15.0 Å². The van der Waals surface area contributed by atoms with E-state index in [1.165, 1.54) is 9.58 Å². The number of fused-ring (bicyclic) bond motifs is 4. The van der Waals surface area contributed by atoms with Crippen molar-refractivity contribution in [3.63, 3.8) is 0 Å². The van der Waals surface area contributed by atoms with Crippen LogP contribution in [0.3, 0.4) is 0 Å². The van der Waals surface area contributed by atoms with Gasteiger partial charge in [-0.15, -0.1) is 5.10 Å². The predicted molar refractivity (Wildman–Crippen MR) is 108 cm³/mol. The van der Waals surface area contributed by atoms with E-state index in [0.29, 0.717) is 17.9 Å². The normalized spacial score (nSPS) is 17.2. The summed E-state index contributed by atoms with van der Waals surface area (Å²) in [4.78, 5) is 26.1. The van der Waals surface area contributed by atoms with Gasteiger partial charge in [0.1, 0.15) is 18.3 Å². The summed E-state index contributed by atoms with van der Waals surface area (Å²) in [6.45, 7) is 0.121. The number of aromatic nitrogens is 3. The van der Waals surface area contributed by atoms with E-state index in [9.17, 15) is 14.7 Å². The lowest BCUT2D eigenvalue weighted by molar-refractivity contribution is -0.138. The van der Waals surface area contributed by atoms with Crippen molar-refractivity contribution in [3.8, 4) is 11.1 Å². The zero-order chi connectivity index (χ0) is 20.8. The molecule has 1 N–H and O–H groups in total. The summed E-state index contributed by atoms with van der Waals surface area (Å²) in [7, 11) is 1.64. The van der Waals surface area contributed by atoms with Crippen LogP contribution in [0.5, 0.6) is 0 Å². The predicted octanol–water partition coefficient (Wildman–Crippen LogP) is 2.97. The Morgan fingerprint density at radius 2 is 1.73 bits per heavy atom. The number of ether oxygens (including phenoxy) is 1. The lowest BCUT2D eigenvalue weighted by atomic mass is 9.98. The minimum Gasteiger partial charge on any atom is -0.480 e. The highest BCUT2D eigenvalue weighted by Gasteiger charge is 2.40.